The summed E-state index contributed by atoms with van der Waals surface area (Å²) in [6.45, 7) is 0. The molecule has 29 heavy (non-hydrogen) atoms. The van der Waals surface area contributed by atoms with Crippen LogP contribution in [0.3, 0.4) is 0 Å². The number of hydrogen-bond acceptors (Lipinski definition) is 1. The Morgan fingerprint density at radius 1 is 0.862 bits per heavy atom. The van der Waals surface area contributed by atoms with E-state index in [-0.39, 0.29) is 0 Å². The zero-order valence-corrected chi connectivity index (χ0v) is 17.3. The molecule has 0 unspecified atom stereocenters. The Morgan fingerprint density at radius 2 is 1.76 bits per heavy atom. The fourth-order valence-electron chi connectivity index (χ4n) is 4.97. The van der Waals surface area contributed by atoms with Crippen LogP contribution in [0.5, 0.6) is 5.75 Å². The number of H-pyrrole nitrogens is 1. The Bertz CT molecular complexity index is 1100. The van der Waals surface area contributed by atoms with Crippen LogP contribution in [0.2, 0.25) is 0 Å². The minimum absolute atomic E-state index is 0.951. The van der Waals surface area contributed by atoms with Crippen molar-refractivity contribution in [2.75, 3.05) is 7.11 Å². The molecule has 0 amide bonds. The topological polar surface area (TPSA) is 25.0 Å². The van der Waals surface area contributed by atoms with Crippen LogP contribution in [-0.4, -0.2) is 12.1 Å². The lowest BCUT2D eigenvalue weighted by atomic mass is 9.84. The highest BCUT2D eigenvalue weighted by Gasteiger charge is 2.23. The van der Waals surface area contributed by atoms with E-state index in [9.17, 15) is 0 Å². The highest BCUT2D eigenvalue weighted by molar-refractivity contribution is 6.02. The van der Waals surface area contributed by atoms with E-state index in [0.29, 0.717) is 0 Å². The quantitative estimate of drug-likeness (QED) is 0.504. The summed E-state index contributed by atoms with van der Waals surface area (Å²) in [5, 5.41) is 1.33. The lowest BCUT2D eigenvalue weighted by Crippen LogP contribution is -2.03. The third-order valence-electron chi connectivity index (χ3n) is 6.45. The van der Waals surface area contributed by atoms with Crippen molar-refractivity contribution in [2.24, 2.45) is 0 Å². The highest BCUT2D eigenvalue weighted by Crippen LogP contribution is 2.41. The SMILES string of the molecule is COc1ccc2c(c1)CCC=C2c1c(/C2=C/CCCCCC2)[nH]c2ccccc12. The molecule has 5 rings (SSSR count). The van der Waals surface area contributed by atoms with Gasteiger partial charge in [-0.2, -0.15) is 0 Å². The van der Waals surface area contributed by atoms with Crippen LogP contribution in [0.4, 0.5) is 0 Å². The number of aromatic amines is 1. The molecular formula is C27H29NO. The molecule has 0 aliphatic heterocycles. The fraction of sp³-hybridized carbons (Fsp3) is 0.333. The Kier molecular flexibility index (Phi) is 5.01. The molecule has 3 aromatic rings. The van der Waals surface area contributed by atoms with Crippen molar-refractivity contribution in [3.05, 3.63) is 77.0 Å². The fourth-order valence-corrected chi connectivity index (χ4v) is 4.97. The Morgan fingerprint density at radius 3 is 2.69 bits per heavy atom. The van der Waals surface area contributed by atoms with E-state index in [1.165, 1.54) is 83.0 Å². The molecule has 2 nitrogen and oxygen atoms in total. The summed E-state index contributed by atoms with van der Waals surface area (Å²) in [7, 11) is 1.75. The molecule has 1 aromatic heterocycles. The Hall–Kier alpha value is -2.74. The summed E-state index contributed by atoms with van der Waals surface area (Å²) in [4.78, 5) is 3.80. The van der Waals surface area contributed by atoms with Gasteiger partial charge in [-0.25, -0.2) is 0 Å². The second-order valence-corrected chi connectivity index (χ2v) is 8.28. The highest BCUT2D eigenvalue weighted by atomic mass is 16.5. The van der Waals surface area contributed by atoms with E-state index in [1.54, 1.807) is 7.11 Å². The molecule has 2 aliphatic carbocycles. The number of hydrogen-bond donors (Lipinski definition) is 1. The first-order valence-electron chi connectivity index (χ1n) is 11.0. The van der Waals surface area contributed by atoms with Crippen molar-refractivity contribution in [1.29, 1.82) is 0 Å². The first-order valence-corrected chi connectivity index (χ1v) is 11.0. The average Bonchev–Trinajstić information content (AvgIpc) is 3.12. The number of aryl methyl sites for hydroxylation is 1. The number of methoxy groups -OCH3 is 1. The monoisotopic (exact) mass is 383 g/mol. The van der Waals surface area contributed by atoms with Gasteiger partial charge < -0.3 is 9.72 Å². The second kappa shape index (κ2) is 7.94. The summed E-state index contributed by atoms with van der Waals surface area (Å²) >= 11 is 0. The lowest BCUT2D eigenvalue weighted by Gasteiger charge is -2.21. The van der Waals surface area contributed by atoms with Gasteiger partial charge in [0.1, 0.15) is 5.75 Å². The average molecular weight is 384 g/mol. The Labute approximate surface area is 173 Å². The maximum Gasteiger partial charge on any atom is 0.119 e. The molecule has 0 saturated carbocycles. The van der Waals surface area contributed by atoms with Gasteiger partial charge in [-0.15, -0.1) is 0 Å². The summed E-state index contributed by atoms with van der Waals surface area (Å²) in [5.74, 6) is 0.951. The van der Waals surface area contributed by atoms with Crippen LogP contribution in [-0.2, 0) is 6.42 Å². The molecule has 0 fully saturated rings. The normalized spacial score (nSPS) is 18.9. The standard InChI is InChI=1S/C27H29NO/c1-29-21-16-17-22-20(18-21)12-9-14-23(22)26-24-13-7-8-15-25(24)28-27(26)19-10-5-3-2-4-6-11-19/h7-8,10,13-18,28H,2-6,9,11-12H2,1H3/b19-10+. The minimum atomic E-state index is 0.951. The van der Waals surface area contributed by atoms with Gasteiger partial charge in [0.05, 0.1) is 7.11 Å². The largest absolute Gasteiger partial charge is 0.497 e. The lowest BCUT2D eigenvalue weighted by molar-refractivity contribution is 0.414. The predicted molar refractivity (Wildman–Crippen MR) is 122 cm³/mol. The van der Waals surface area contributed by atoms with Gasteiger partial charge in [0.25, 0.3) is 0 Å². The number of allylic oxidation sites excluding steroid dienone is 3. The van der Waals surface area contributed by atoms with Gasteiger partial charge in [0.2, 0.25) is 0 Å². The number of benzene rings is 2. The van der Waals surface area contributed by atoms with E-state index >= 15 is 0 Å². The molecule has 2 aromatic carbocycles. The van der Waals surface area contributed by atoms with Crippen LogP contribution in [0, 0.1) is 0 Å². The van der Waals surface area contributed by atoms with Crippen molar-refractivity contribution < 1.29 is 4.74 Å². The summed E-state index contributed by atoms with van der Waals surface area (Å²) in [5.41, 5.74) is 9.59. The van der Waals surface area contributed by atoms with Crippen molar-refractivity contribution in [2.45, 2.75) is 51.4 Å². The molecule has 0 radical (unpaired) electrons. The van der Waals surface area contributed by atoms with Gasteiger partial charge in [-0.3, -0.25) is 0 Å². The zero-order chi connectivity index (χ0) is 19.6. The molecule has 1 N–H and O–H groups in total. The number of fused-ring (bicyclic) bond motifs is 2. The van der Waals surface area contributed by atoms with Crippen molar-refractivity contribution in [3.8, 4) is 5.75 Å². The number of ether oxygens (including phenoxy) is 1. The van der Waals surface area contributed by atoms with Crippen LogP contribution < -0.4 is 4.74 Å². The third-order valence-corrected chi connectivity index (χ3v) is 6.45. The summed E-state index contributed by atoms with van der Waals surface area (Å²) < 4.78 is 5.49. The number of para-hydroxylation sites is 1. The van der Waals surface area contributed by atoms with E-state index < -0.39 is 0 Å². The predicted octanol–water partition coefficient (Wildman–Crippen LogP) is 7.29. The van der Waals surface area contributed by atoms with Crippen LogP contribution in [0.1, 0.15) is 67.3 Å². The van der Waals surface area contributed by atoms with Crippen LogP contribution >= 0.6 is 0 Å². The molecule has 0 spiro atoms. The molecule has 0 bridgehead atoms. The van der Waals surface area contributed by atoms with E-state index in [4.69, 9.17) is 4.74 Å². The first-order chi connectivity index (χ1) is 14.3. The summed E-state index contributed by atoms with van der Waals surface area (Å²) in [6, 6.07) is 15.3. The van der Waals surface area contributed by atoms with Crippen molar-refractivity contribution in [3.63, 3.8) is 0 Å². The van der Waals surface area contributed by atoms with Crippen molar-refractivity contribution in [1.82, 2.24) is 4.98 Å². The zero-order valence-electron chi connectivity index (χ0n) is 17.3. The molecule has 148 valence electrons. The molecule has 2 aliphatic rings. The molecular weight excluding hydrogens is 354 g/mol. The van der Waals surface area contributed by atoms with Gasteiger partial charge in [0, 0.05) is 22.2 Å². The Balaban J connectivity index is 1.70. The molecule has 0 saturated heterocycles. The van der Waals surface area contributed by atoms with E-state index in [2.05, 4.69) is 59.6 Å². The van der Waals surface area contributed by atoms with Crippen LogP contribution in [0.15, 0.2) is 54.6 Å². The van der Waals surface area contributed by atoms with E-state index in [0.717, 1.165) is 18.6 Å². The van der Waals surface area contributed by atoms with Gasteiger partial charge >= 0.3 is 0 Å². The first kappa shape index (κ1) is 18.3. The van der Waals surface area contributed by atoms with Crippen molar-refractivity contribution >= 4 is 22.0 Å². The second-order valence-electron chi connectivity index (χ2n) is 8.28. The molecule has 0 atom stereocenters. The minimum Gasteiger partial charge on any atom is -0.497 e. The number of nitrogens with one attached hydrogen (secondary N) is 1. The number of rotatable bonds is 3. The van der Waals surface area contributed by atoms with Gasteiger partial charge in [-0.1, -0.05) is 49.3 Å². The number of aromatic nitrogens is 1. The maximum absolute atomic E-state index is 5.49. The smallest absolute Gasteiger partial charge is 0.119 e. The molecule has 1 heterocycles. The maximum atomic E-state index is 5.49. The third kappa shape index (κ3) is 3.42. The molecule has 2 heteroatoms. The van der Waals surface area contributed by atoms with Gasteiger partial charge in [0.15, 0.2) is 0 Å². The van der Waals surface area contributed by atoms with Gasteiger partial charge in [-0.05, 0) is 79.0 Å². The van der Waals surface area contributed by atoms with Crippen LogP contribution in [0.25, 0.3) is 22.0 Å². The van der Waals surface area contributed by atoms with E-state index in [1.807, 2.05) is 0 Å². The summed E-state index contributed by atoms with van der Waals surface area (Å²) in [6.07, 6.45) is 14.8.